The van der Waals surface area contributed by atoms with E-state index in [1.165, 1.54) is 23.8 Å². The first kappa shape index (κ1) is 24.3. The van der Waals surface area contributed by atoms with Crippen LogP contribution >= 0.6 is 0 Å². The lowest BCUT2D eigenvalue weighted by Crippen LogP contribution is -1.93. The summed E-state index contributed by atoms with van der Waals surface area (Å²) in [6.07, 6.45) is 1.98. The van der Waals surface area contributed by atoms with Crippen LogP contribution < -0.4 is 0 Å². The van der Waals surface area contributed by atoms with E-state index in [0.717, 1.165) is 36.6 Å². The molecule has 0 nitrogen and oxygen atoms in total. The quantitative estimate of drug-likeness (QED) is 0.190. The Morgan fingerprint density at radius 1 is 0.571 bits per heavy atom. The minimum absolute atomic E-state index is 0.0901. The van der Waals surface area contributed by atoms with Crippen LogP contribution in [0.25, 0.3) is 33.9 Å². The molecule has 6 heteroatoms. The monoisotopic (exact) mass is 482 g/mol. The fraction of sp³-hybridized carbons (Fsp3) is 0.103. The molecule has 0 bridgehead atoms. The molecule has 0 spiro atoms. The minimum atomic E-state index is -1.58. The zero-order valence-corrected chi connectivity index (χ0v) is 18.7. The highest BCUT2D eigenvalue weighted by Crippen LogP contribution is 2.34. The molecule has 0 heterocycles. The van der Waals surface area contributed by atoms with E-state index in [1.807, 2.05) is 24.3 Å². The largest absolute Gasteiger partial charge is 0.206 e. The molecule has 0 saturated heterocycles. The van der Waals surface area contributed by atoms with Crippen LogP contribution in [0, 0.1) is 23.3 Å². The van der Waals surface area contributed by atoms with Gasteiger partial charge in [0, 0.05) is 16.7 Å². The average Bonchev–Trinajstić information content (AvgIpc) is 2.85. The third-order valence-corrected chi connectivity index (χ3v) is 5.68. The molecule has 0 amide bonds. The topological polar surface area (TPSA) is 0 Å². The molecule has 0 saturated carbocycles. The minimum Gasteiger partial charge on any atom is -0.206 e. The summed E-state index contributed by atoms with van der Waals surface area (Å²) in [6.45, 7) is 2.09. The van der Waals surface area contributed by atoms with Crippen molar-refractivity contribution in [3.63, 3.8) is 0 Å². The molecule has 0 aliphatic carbocycles. The molecular formula is C29H20F6. The molecule has 4 aromatic carbocycles. The molecule has 0 unspecified atom stereocenters. The Morgan fingerprint density at radius 2 is 1.23 bits per heavy atom. The average molecular weight is 482 g/mol. The van der Waals surface area contributed by atoms with Crippen LogP contribution in [-0.4, -0.2) is 0 Å². The van der Waals surface area contributed by atoms with Crippen LogP contribution in [-0.2, 0) is 6.42 Å². The van der Waals surface area contributed by atoms with Crippen LogP contribution in [0.2, 0.25) is 0 Å². The van der Waals surface area contributed by atoms with E-state index in [9.17, 15) is 26.3 Å². The van der Waals surface area contributed by atoms with E-state index in [1.54, 1.807) is 6.07 Å². The summed E-state index contributed by atoms with van der Waals surface area (Å²) in [6, 6.07) is 17.4. The van der Waals surface area contributed by atoms with Gasteiger partial charge in [-0.25, -0.2) is 26.3 Å². The van der Waals surface area contributed by atoms with Gasteiger partial charge < -0.3 is 0 Å². The van der Waals surface area contributed by atoms with Crippen molar-refractivity contribution in [2.75, 3.05) is 0 Å². The summed E-state index contributed by atoms with van der Waals surface area (Å²) in [4.78, 5) is 0. The Bertz CT molecular complexity index is 1400. The first-order valence-electron chi connectivity index (χ1n) is 11.0. The van der Waals surface area contributed by atoms with Gasteiger partial charge in [0.05, 0.1) is 0 Å². The van der Waals surface area contributed by atoms with Gasteiger partial charge in [0.25, 0.3) is 0 Å². The maximum absolute atomic E-state index is 14.9. The summed E-state index contributed by atoms with van der Waals surface area (Å²) in [5.74, 6) is -7.45. The van der Waals surface area contributed by atoms with Crippen LogP contribution in [0.4, 0.5) is 26.3 Å². The lowest BCUT2D eigenvalue weighted by molar-refractivity contribution is 0.507. The second kappa shape index (κ2) is 10.2. The first-order valence-corrected chi connectivity index (χ1v) is 11.0. The molecule has 35 heavy (non-hydrogen) atoms. The van der Waals surface area contributed by atoms with Gasteiger partial charge in [-0.2, -0.15) is 0 Å². The van der Waals surface area contributed by atoms with Gasteiger partial charge in [0.15, 0.2) is 23.3 Å². The first-order chi connectivity index (χ1) is 16.8. The molecule has 0 aromatic heterocycles. The zero-order chi connectivity index (χ0) is 25.1. The Balaban J connectivity index is 1.63. The third kappa shape index (κ3) is 5.16. The number of hydrogen-bond acceptors (Lipinski definition) is 0. The van der Waals surface area contributed by atoms with E-state index in [2.05, 4.69) is 6.92 Å². The summed E-state index contributed by atoms with van der Waals surface area (Å²) < 4.78 is 85.1. The van der Waals surface area contributed by atoms with Crippen molar-refractivity contribution in [2.45, 2.75) is 19.8 Å². The lowest BCUT2D eigenvalue weighted by Gasteiger charge is -2.10. The van der Waals surface area contributed by atoms with Gasteiger partial charge >= 0.3 is 0 Å². The second-order valence-electron chi connectivity index (χ2n) is 8.09. The van der Waals surface area contributed by atoms with E-state index >= 15 is 0 Å². The predicted molar refractivity (Wildman–Crippen MR) is 127 cm³/mol. The Hall–Kier alpha value is -3.80. The van der Waals surface area contributed by atoms with Crippen LogP contribution in [0.1, 0.15) is 30.0 Å². The van der Waals surface area contributed by atoms with Gasteiger partial charge in [-0.15, -0.1) is 0 Å². The Morgan fingerprint density at radius 3 is 1.86 bits per heavy atom. The fourth-order valence-corrected chi connectivity index (χ4v) is 3.82. The maximum Gasteiger partial charge on any atom is 0.169 e. The van der Waals surface area contributed by atoms with Gasteiger partial charge in [0.1, 0.15) is 11.6 Å². The van der Waals surface area contributed by atoms with E-state index in [-0.39, 0.29) is 11.1 Å². The predicted octanol–water partition coefficient (Wildman–Crippen LogP) is 9.29. The zero-order valence-electron chi connectivity index (χ0n) is 18.7. The van der Waals surface area contributed by atoms with Crippen LogP contribution in [0.15, 0.2) is 78.9 Å². The van der Waals surface area contributed by atoms with Crippen molar-refractivity contribution < 1.29 is 26.3 Å². The molecule has 0 atom stereocenters. The summed E-state index contributed by atoms with van der Waals surface area (Å²) in [5.41, 5.74) is 1.59. The molecule has 0 aliphatic heterocycles. The number of hydrogen-bond donors (Lipinski definition) is 0. The highest BCUT2D eigenvalue weighted by Gasteiger charge is 2.18. The number of rotatable bonds is 6. The van der Waals surface area contributed by atoms with Crippen molar-refractivity contribution in [2.24, 2.45) is 0 Å². The lowest BCUT2D eigenvalue weighted by atomic mass is 9.97. The SMILES string of the molecule is CCCc1ccc(-c2ccc(-c3ccc(/C(F)=C(\F)c4ccc(F)c(F)c4)c(F)c3)c(F)c2)cc1. The molecule has 178 valence electrons. The highest BCUT2D eigenvalue weighted by molar-refractivity contribution is 5.84. The van der Waals surface area contributed by atoms with E-state index < -0.39 is 46.0 Å². The molecule has 0 radical (unpaired) electrons. The smallest absolute Gasteiger partial charge is 0.169 e. The molecule has 0 N–H and O–H groups in total. The van der Waals surface area contributed by atoms with Gasteiger partial charge in [-0.05, 0) is 65.1 Å². The Labute approximate surface area is 199 Å². The number of halogens is 6. The van der Waals surface area contributed by atoms with Crippen molar-refractivity contribution in [3.05, 3.63) is 119 Å². The maximum atomic E-state index is 14.9. The Kier molecular flexibility index (Phi) is 7.10. The highest BCUT2D eigenvalue weighted by atomic mass is 19.2. The van der Waals surface area contributed by atoms with E-state index in [0.29, 0.717) is 17.7 Å². The molecule has 4 rings (SSSR count). The number of benzene rings is 4. The molecule has 4 aromatic rings. The third-order valence-electron chi connectivity index (χ3n) is 5.68. The van der Waals surface area contributed by atoms with Crippen molar-refractivity contribution >= 4 is 11.7 Å². The fourth-order valence-electron chi connectivity index (χ4n) is 3.82. The molecular weight excluding hydrogens is 462 g/mol. The van der Waals surface area contributed by atoms with Crippen LogP contribution in [0.3, 0.4) is 0 Å². The van der Waals surface area contributed by atoms with Crippen molar-refractivity contribution in [3.8, 4) is 22.3 Å². The summed E-state index contributed by atoms with van der Waals surface area (Å²) in [5, 5.41) is 0. The summed E-state index contributed by atoms with van der Waals surface area (Å²) in [7, 11) is 0. The molecule has 0 aliphatic rings. The standard InChI is InChI=1S/C29H20F6/c1-2-3-17-4-6-18(7-5-17)19-8-11-22(25(31)14-19)20-9-12-23(26(32)15-20)29(35)28(34)21-10-13-24(30)27(33)16-21/h4-16H,2-3H2,1H3/b29-28+. The normalized spacial score (nSPS) is 12.0. The second-order valence-corrected chi connectivity index (χ2v) is 8.09. The number of aryl methyl sites for hydroxylation is 1. The van der Waals surface area contributed by atoms with Gasteiger partial charge in [-0.1, -0.05) is 55.8 Å². The van der Waals surface area contributed by atoms with Gasteiger partial charge in [-0.3, -0.25) is 0 Å². The van der Waals surface area contributed by atoms with Crippen molar-refractivity contribution in [1.29, 1.82) is 0 Å². The van der Waals surface area contributed by atoms with E-state index in [4.69, 9.17) is 0 Å². The van der Waals surface area contributed by atoms with Crippen LogP contribution in [0.5, 0.6) is 0 Å². The van der Waals surface area contributed by atoms with Gasteiger partial charge in [0.2, 0.25) is 0 Å². The van der Waals surface area contributed by atoms with Crippen molar-refractivity contribution in [1.82, 2.24) is 0 Å². The molecule has 0 fully saturated rings. The summed E-state index contributed by atoms with van der Waals surface area (Å²) >= 11 is 0.